The molecule has 1 heterocycles. The molecule has 0 aliphatic heterocycles. The number of carbonyl (C=O) groups is 1. The van der Waals surface area contributed by atoms with E-state index in [9.17, 15) is 4.79 Å². The first kappa shape index (κ1) is 14.5. The fraction of sp³-hybridized carbons (Fsp3) is 0.385. The van der Waals surface area contributed by atoms with E-state index >= 15 is 0 Å². The zero-order valence-corrected chi connectivity index (χ0v) is 12.1. The fourth-order valence-corrected chi connectivity index (χ4v) is 2.45. The van der Waals surface area contributed by atoms with Crippen LogP contribution in [-0.2, 0) is 18.3 Å². The summed E-state index contributed by atoms with van der Waals surface area (Å²) in [4.78, 5) is 11.7. The number of amides is 1. The van der Waals surface area contributed by atoms with Gasteiger partial charge in [0.2, 0.25) is 11.1 Å². The molecule has 0 atom stereocenters. The number of thioether (sulfide) groups is 1. The number of benzene rings is 1. The van der Waals surface area contributed by atoms with Gasteiger partial charge in [0.05, 0.1) is 0 Å². The highest BCUT2D eigenvalue weighted by Gasteiger charge is 2.05. The van der Waals surface area contributed by atoms with Gasteiger partial charge in [-0.2, -0.15) is 0 Å². The highest BCUT2D eigenvalue weighted by atomic mass is 32.2. The van der Waals surface area contributed by atoms with Gasteiger partial charge in [0, 0.05) is 25.8 Å². The Morgan fingerprint density at radius 3 is 2.85 bits per heavy atom. The minimum absolute atomic E-state index is 0.0589. The van der Waals surface area contributed by atoms with Crippen molar-refractivity contribution in [2.24, 2.45) is 7.05 Å². The number of aromatic nitrogens is 4. The number of aryl methyl sites for hydroxylation is 1. The van der Waals surface area contributed by atoms with Crippen molar-refractivity contribution in [2.45, 2.75) is 18.0 Å². The van der Waals surface area contributed by atoms with Crippen molar-refractivity contribution in [1.29, 1.82) is 0 Å². The Labute approximate surface area is 121 Å². The molecule has 6 nitrogen and oxygen atoms in total. The summed E-state index contributed by atoms with van der Waals surface area (Å²) in [6.07, 6.45) is 1.32. The monoisotopic (exact) mass is 291 g/mol. The number of nitrogens with zero attached hydrogens (tertiary/aromatic N) is 4. The van der Waals surface area contributed by atoms with Crippen molar-refractivity contribution < 1.29 is 4.79 Å². The number of hydrogen-bond donors (Lipinski definition) is 1. The number of hydrogen-bond acceptors (Lipinski definition) is 5. The average Bonchev–Trinajstić information content (AvgIpc) is 2.86. The topological polar surface area (TPSA) is 72.7 Å². The minimum atomic E-state index is 0.0589. The van der Waals surface area contributed by atoms with E-state index < -0.39 is 0 Å². The smallest absolute Gasteiger partial charge is 0.220 e. The molecule has 1 amide bonds. The summed E-state index contributed by atoms with van der Waals surface area (Å²) in [5.41, 5.74) is 1.23. The van der Waals surface area contributed by atoms with Crippen molar-refractivity contribution in [2.75, 3.05) is 12.3 Å². The van der Waals surface area contributed by atoms with Crippen LogP contribution in [0.4, 0.5) is 0 Å². The fourth-order valence-electron chi connectivity index (χ4n) is 1.66. The maximum atomic E-state index is 11.7. The van der Waals surface area contributed by atoms with Gasteiger partial charge in [-0.3, -0.25) is 4.79 Å². The normalized spacial score (nSPS) is 10.4. The van der Waals surface area contributed by atoms with Gasteiger partial charge < -0.3 is 5.32 Å². The van der Waals surface area contributed by atoms with Gasteiger partial charge in [-0.1, -0.05) is 42.1 Å². The maximum absolute atomic E-state index is 11.7. The molecule has 1 aromatic carbocycles. The van der Waals surface area contributed by atoms with Crippen LogP contribution in [-0.4, -0.2) is 38.4 Å². The zero-order valence-electron chi connectivity index (χ0n) is 11.3. The van der Waals surface area contributed by atoms with Crippen molar-refractivity contribution in [1.82, 2.24) is 25.5 Å². The van der Waals surface area contributed by atoms with Gasteiger partial charge in [-0.05, 0) is 22.4 Å². The second-order valence-electron chi connectivity index (χ2n) is 4.27. The summed E-state index contributed by atoms with van der Waals surface area (Å²) < 4.78 is 1.60. The van der Waals surface area contributed by atoms with Crippen LogP contribution in [0.1, 0.15) is 12.0 Å². The summed E-state index contributed by atoms with van der Waals surface area (Å²) in [5.74, 6) is 0.731. The Hall–Kier alpha value is -1.89. The highest BCUT2D eigenvalue weighted by molar-refractivity contribution is 7.99. The SMILES string of the molecule is Cn1nnnc1SCCC(=O)NCCc1ccccc1. The molecular weight excluding hydrogens is 274 g/mol. The summed E-state index contributed by atoms with van der Waals surface area (Å²) in [7, 11) is 1.78. The van der Waals surface area contributed by atoms with E-state index in [0.717, 1.165) is 11.6 Å². The van der Waals surface area contributed by atoms with Crippen LogP contribution in [0.25, 0.3) is 0 Å². The predicted octanol–water partition coefficient (Wildman–Crippen LogP) is 1.05. The van der Waals surface area contributed by atoms with Crippen LogP contribution in [0, 0.1) is 0 Å². The van der Waals surface area contributed by atoms with Gasteiger partial charge in [-0.25, -0.2) is 4.68 Å². The summed E-state index contributed by atoms with van der Waals surface area (Å²) in [6, 6.07) is 10.1. The Morgan fingerprint density at radius 2 is 2.15 bits per heavy atom. The van der Waals surface area contributed by atoms with Crippen LogP contribution >= 0.6 is 11.8 Å². The first-order chi connectivity index (χ1) is 9.75. The zero-order chi connectivity index (χ0) is 14.2. The molecule has 1 N–H and O–H groups in total. The van der Waals surface area contributed by atoms with Gasteiger partial charge >= 0.3 is 0 Å². The minimum Gasteiger partial charge on any atom is -0.356 e. The molecular formula is C13H17N5OS. The van der Waals surface area contributed by atoms with Gasteiger partial charge in [0.25, 0.3) is 0 Å². The van der Waals surface area contributed by atoms with Crippen LogP contribution in [0.15, 0.2) is 35.5 Å². The molecule has 0 bridgehead atoms. The second kappa shape index (κ2) is 7.64. The van der Waals surface area contributed by atoms with Crippen molar-refractivity contribution in [3.05, 3.63) is 35.9 Å². The Kier molecular flexibility index (Phi) is 5.55. The third-order valence-corrected chi connectivity index (χ3v) is 3.73. The van der Waals surface area contributed by atoms with Gasteiger partial charge in [0.1, 0.15) is 0 Å². The molecule has 0 unspecified atom stereocenters. The third-order valence-electron chi connectivity index (χ3n) is 2.72. The van der Waals surface area contributed by atoms with Crippen LogP contribution in [0.2, 0.25) is 0 Å². The van der Waals surface area contributed by atoms with E-state index in [1.165, 1.54) is 17.3 Å². The van der Waals surface area contributed by atoms with Crippen LogP contribution in [0.3, 0.4) is 0 Å². The maximum Gasteiger partial charge on any atom is 0.220 e. The van der Waals surface area contributed by atoms with Gasteiger partial charge in [-0.15, -0.1) is 5.10 Å². The molecule has 20 heavy (non-hydrogen) atoms. The Balaban J connectivity index is 1.60. The Bertz CT molecular complexity index is 543. The van der Waals surface area contributed by atoms with Crippen molar-refractivity contribution >= 4 is 17.7 Å². The van der Waals surface area contributed by atoms with Crippen molar-refractivity contribution in [3.63, 3.8) is 0 Å². The molecule has 2 rings (SSSR count). The highest BCUT2D eigenvalue weighted by Crippen LogP contribution is 2.12. The van der Waals surface area contributed by atoms with Crippen LogP contribution < -0.4 is 5.32 Å². The van der Waals surface area contributed by atoms with E-state index in [1.54, 1.807) is 11.7 Å². The Morgan fingerprint density at radius 1 is 1.35 bits per heavy atom. The summed E-state index contributed by atoms with van der Waals surface area (Å²) in [5, 5.41) is 14.8. The standard InChI is InChI=1S/C13H17N5OS/c1-18-13(15-16-17-18)20-10-8-12(19)14-9-7-11-5-3-2-4-6-11/h2-6H,7-10H2,1H3,(H,14,19). The lowest BCUT2D eigenvalue weighted by molar-refractivity contribution is -0.120. The van der Waals surface area contributed by atoms with Crippen LogP contribution in [0.5, 0.6) is 0 Å². The molecule has 0 radical (unpaired) electrons. The molecule has 0 aliphatic rings. The van der Waals surface area contributed by atoms with E-state index in [0.29, 0.717) is 18.7 Å². The second-order valence-corrected chi connectivity index (χ2v) is 5.33. The molecule has 1 aromatic heterocycles. The molecule has 0 fully saturated rings. The van der Waals surface area contributed by atoms with Crippen molar-refractivity contribution in [3.8, 4) is 0 Å². The quantitative estimate of drug-likeness (QED) is 0.772. The summed E-state index contributed by atoms with van der Waals surface area (Å²) in [6.45, 7) is 0.666. The number of nitrogens with one attached hydrogen (secondary N) is 1. The first-order valence-corrected chi connectivity index (χ1v) is 7.40. The van der Waals surface area contributed by atoms with E-state index in [-0.39, 0.29) is 5.91 Å². The molecule has 7 heteroatoms. The number of carbonyl (C=O) groups excluding carboxylic acids is 1. The van der Waals surface area contributed by atoms with E-state index in [1.807, 2.05) is 18.2 Å². The number of tetrazole rings is 1. The average molecular weight is 291 g/mol. The largest absolute Gasteiger partial charge is 0.356 e. The lowest BCUT2D eigenvalue weighted by Crippen LogP contribution is -2.25. The van der Waals surface area contributed by atoms with E-state index in [4.69, 9.17) is 0 Å². The molecule has 0 aliphatic carbocycles. The first-order valence-electron chi connectivity index (χ1n) is 6.41. The molecule has 0 spiro atoms. The molecule has 0 saturated heterocycles. The molecule has 106 valence electrons. The third kappa shape index (κ3) is 4.65. The predicted molar refractivity (Wildman–Crippen MR) is 77.3 cm³/mol. The van der Waals surface area contributed by atoms with Gasteiger partial charge in [0.15, 0.2) is 0 Å². The summed E-state index contributed by atoms with van der Waals surface area (Å²) >= 11 is 1.48. The number of rotatable bonds is 7. The molecule has 2 aromatic rings. The van der Waals surface area contributed by atoms with E-state index in [2.05, 4.69) is 33.0 Å². The molecule has 0 saturated carbocycles. The lowest BCUT2D eigenvalue weighted by atomic mass is 10.1. The lowest BCUT2D eigenvalue weighted by Gasteiger charge is -2.05.